The number of rotatable bonds is 5. The normalized spacial score (nSPS) is 19.6. The van der Waals surface area contributed by atoms with E-state index in [0.29, 0.717) is 29.0 Å². The summed E-state index contributed by atoms with van der Waals surface area (Å²) in [5.74, 6) is 1.21. The van der Waals surface area contributed by atoms with Gasteiger partial charge in [0, 0.05) is 17.3 Å². The van der Waals surface area contributed by atoms with Crippen LogP contribution in [0.3, 0.4) is 0 Å². The minimum absolute atomic E-state index is 0.0987. The molecular formula is C18H17N2O4. The van der Waals surface area contributed by atoms with Crippen molar-refractivity contribution in [3.8, 4) is 5.75 Å². The fraction of sp³-hybridized carbons (Fsp3) is 0.222. The predicted molar refractivity (Wildman–Crippen MR) is 86.9 cm³/mol. The SMILES string of the molecule is COC1=CC2=C[N]C(c3ccc(OC)cc3)C(NC=O)=C2C(=O)C1. The highest BCUT2D eigenvalue weighted by atomic mass is 16.5. The third-order valence-corrected chi connectivity index (χ3v) is 4.03. The maximum absolute atomic E-state index is 12.5. The molecule has 1 amide bonds. The van der Waals surface area contributed by atoms with E-state index >= 15 is 0 Å². The van der Waals surface area contributed by atoms with Gasteiger partial charge in [0.2, 0.25) is 6.41 Å². The van der Waals surface area contributed by atoms with Crippen molar-refractivity contribution in [2.24, 2.45) is 0 Å². The Morgan fingerprint density at radius 3 is 2.58 bits per heavy atom. The summed E-state index contributed by atoms with van der Waals surface area (Å²) in [6.45, 7) is 0. The van der Waals surface area contributed by atoms with Crippen LogP contribution in [0.5, 0.6) is 5.75 Å². The number of methoxy groups -OCH3 is 2. The molecule has 24 heavy (non-hydrogen) atoms. The van der Waals surface area contributed by atoms with Crippen LogP contribution >= 0.6 is 0 Å². The van der Waals surface area contributed by atoms with Crippen LogP contribution in [0.2, 0.25) is 0 Å². The van der Waals surface area contributed by atoms with Crippen molar-refractivity contribution in [1.82, 2.24) is 10.6 Å². The van der Waals surface area contributed by atoms with Crippen LogP contribution in [0.15, 0.2) is 59.1 Å². The van der Waals surface area contributed by atoms with Crippen molar-refractivity contribution in [1.29, 1.82) is 0 Å². The van der Waals surface area contributed by atoms with Crippen LogP contribution < -0.4 is 15.4 Å². The number of hydrogen-bond donors (Lipinski definition) is 1. The molecule has 1 N–H and O–H groups in total. The Balaban J connectivity index is 2.04. The fourth-order valence-corrected chi connectivity index (χ4v) is 2.86. The summed E-state index contributed by atoms with van der Waals surface area (Å²) < 4.78 is 10.3. The summed E-state index contributed by atoms with van der Waals surface area (Å²) in [4.78, 5) is 23.6. The lowest BCUT2D eigenvalue weighted by molar-refractivity contribution is -0.115. The first-order chi connectivity index (χ1) is 11.7. The number of carbonyl (C=O) groups is 2. The lowest BCUT2D eigenvalue weighted by Crippen LogP contribution is -2.31. The number of ether oxygens (including phenoxy) is 2. The third kappa shape index (κ3) is 2.78. The van der Waals surface area contributed by atoms with Gasteiger partial charge in [-0.15, -0.1) is 0 Å². The smallest absolute Gasteiger partial charge is 0.211 e. The highest BCUT2D eigenvalue weighted by Gasteiger charge is 2.33. The molecule has 1 unspecified atom stereocenters. The van der Waals surface area contributed by atoms with Crippen molar-refractivity contribution >= 4 is 12.2 Å². The molecule has 1 aromatic carbocycles. The van der Waals surface area contributed by atoms with Crippen LogP contribution in [-0.4, -0.2) is 26.4 Å². The second-order valence-electron chi connectivity index (χ2n) is 5.37. The molecule has 1 aliphatic heterocycles. The second-order valence-corrected chi connectivity index (χ2v) is 5.37. The van der Waals surface area contributed by atoms with Crippen LogP contribution in [0, 0.1) is 0 Å². The number of allylic oxidation sites excluding steroid dienone is 4. The topological polar surface area (TPSA) is 78.7 Å². The molecule has 0 saturated heterocycles. The Kier molecular flexibility index (Phi) is 4.37. The van der Waals surface area contributed by atoms with E-state index in [1.54, 1.807) is 19.4 Å². The Hall–Kier alpha value is -3.02. The zero-order valence-corrected chi connectivity index (χ0v) is 13.4. The van der Waals surface area contributed by atoms with Gasteiger partial charge in [0.15, 0.2) is 5.78 Å². The largest absolute Gasteiger partial charge is 0.501 e. The van der Waals surface area contributed by atoms with Gasteiger partial charge in [0.25, 0.3) is 0 Å². The number of hydrogen-bond acceptors (Lipinski definition) is 4. The summed E-state index contributed by atoms with van der Waals surface area (Å²) in [5, 5.41) is 7.17. The molecule has 1 heterocycles. The molecule has 1 aliphatic carbocycles. The van der Waals surface area contributed by atoms with Gasteiger partial charge in [-0.2, -0.15) is 0 Å². The van der Waals surface area contributed by atoms with E-state index in [2.05, 4.69) is 10.6 Å². The minimum atomic E-state index is -0.443. The third-order valence-electron chi connectivity index (χ3n) is 4.03. The van der Waals surface area contributed by atoms with Gasteiger partial charge >= 0.3 is 0 Å². The second kappa shape index (κ2) is 6.62. The molecule has 6 nitrogen and oxygen atoms in total. The predicted octanol–water partition coefficient (Wildman–Crippen LogP) is 1.74. The number of amides is 1. The van der Waals surface area contributed by atoms with Crippen LogP contribution in [0.1, 0.15) is 18.0 Å². The van der Waals surface area contributed by atoms with E-state index in [1.165, 1.54) is 7.11 Å². The van der Waals surface area contributed by atoms with Gasteiger partial charge in [-0.05, 0) is 23.8 Å². The van der Waals surface area contributed by atoms with Gasteiger partial charge in [0.05, 0.1) is 26.3 Å². The summed E-state index contributed by atoms with van der Waals surface area (Å²) in [7, 11) is 3.12. The summed E-state index contributed by atoms with van der Waals surface area (Å²) >= 11 is 0. The molecule has 2 aliphatic rings. The molecule has 1 aromatic rings. The Labute approximate surface area is 139 Å². The lowest BCUT2D eigenvalue weighted by Gasteiger charge is -2.29. The number of benzene rings is 1. The number of carbonyl (C=O) groups excluding carboxylic acids is 2. The Morgan fingerprint density at radius 2 is 1.96 bits per heavy atom. The van der Waals surface area contributed by atoms with E-state index in [-0.39, 0.29) is 12.2 Å². The van der Waals surface area contributed by atoms with Crippen molar-refractivity contribution < 1.29 is 19.1 Å². The summed E-state index contributed by atoms with van der Waals surface area (Å²) in [5.41, 5.74) is 2.48. The van der Waals surface area contributed by atoms with E-state index in [9.17, 15) is 9.59 Å². The van der Waals surface area contributed by atoms with E-state index in [0.717, 1.165) is 11.3 Å². The van der Waals surface area contributed by atoms with Crippen LogP contribution in [-0.2, 0) is 14.3 Å². The zero-order valence-electron chi connectivity index (χ0n) is 13.4. The number of ketones is 1. The lowest BCUT2D eigenvalue weighted by atomic mass is 9.86. The highest BCUT2D eigenvalue weighted by molar-refractivity contribution is 6.04. The number of fused-ring (bicyclic) bond motifs is 1. The van der Waals surface area contributed by atoms with Gasteiger partial charge in [-0.3, -0.25) is 14.9 Å². The summed E-state index contributed by atoms with van der Waals surface area (Å²) in [6.07, 6.45) is 4.16. The minimum Gasteiger partial charge on any atom is -0.501 e. The molecule has 1 atom stereocenters. The maximum Gasteiger partial charge on any atom is 0.211 e. The first kappa shape index (κ1) is 15.9. The van der Waals surface area contributed by atoms with Gasteiger partial charge in [0.1, 0.15) is 17.6 Å². The average molecular weight is 325 g/mol. The van der Waals surface area contributed by atoms with Crippen molar-refractivity contribution in [2.75, 3.05) is 14.2 Å². The molecular weight excluding hydrogens is 308 g/mol. The molecule has 1 radical (unpaired) electrons. The molecule has 3 rings (SSSR count). The first-order valence-corrected chi connectivity index (χ1v) is 7.44. The van der Waals surface area contributed by atoms with Crippen molar-refractivity contribution in [2.45, 2.75) is 12.5 Å². The summed E-state index contributed by atoms with van der Waals surface area (Å²) in [6, 6.07) is 6.92. The van der Waals surface area contributed by atoms with Crippen molar-refractivity contribution in [3.63, 3.8) is 0 Å². The van der Waals surface area contributed by atoms with Crippen LogP contribution in [0.25, 0.3) is 0 Å². The maximum atomic E-state index is 12.5. The average Bonchev–Trinajstić information content (AvgIpc) is 2.62. The van der Waals surface area contributed by atoms with E-state index < -0.39 is 6.04 Å². The zero-order chi connectivity index (χ0) is 17.1. The fourth-order valence-electron chi connectivity index (χ4n) is 2.86. The van der Waals surface area contributed by atoms with E-state index in [1.807, 2.05) is 24.3 Å². The monoisotopic (exact) mass is 325 g/mol. The van der Waals surface area contributed by atoms with Gasteiger partial charge < -0.3 is 14.8 Å². The molecule has 0 aromatic heterocycles. The number of nitrogens with zero attached hydrogens (tertiary/aromatic N) is 1. The highest BCUT2D eigenvalue weighted by Crippen LogP contribution is 2.36. The quantitative estimate of drug-likeness (QED) is 0.837. The first-order valence-electron chi connectivity index (χ1n) is 7.44. The number of nitrogens with one attached hydrogen (secondary N) is 1. The molecule has 0 spiro atoms. The molecule has 0 bridgehead atoms. The molecule has 0 saturated carbocycles. The Bertz CT molecular complexity index is 760. The van der Waals surface area contributed by atoms with Gasteiger partial charge in [-0.1, -0.05) is 12.1 Å². The Morgan fingerprint density at radius 1 is 1.21 bits per heavy atom. The molecule has 0 fully saturated rings. The van der Waals surface area contributed by atoms with E-state index in [4.69, 9.17) is 9.47 Å². The molecule has 6 heteroatoms. The van der Waals surface area contributed by atoms with Crippen LogP contribution in [0.4, 0.5) is 0 Å². The molecule has 123 valence electrons. The number of Topliss-reactive ketones (excluding diaryl/α,β-unsaturated/α-hetero) is 1. The standard InChI is InChI=1S/C18H17N2O4/c1-23-13-5-3-11(4-6-13)17-18(20-10-21)16-12(9-19-17)7-14(24-2)8-15(16)22/h3-7,9-10,17H,8H2,1-2H3,(H,20,21). The van der Waals surface area contributed by atoms with Gasteiger partial charge in [-0.25, -0.2) is 0 Å². The van der Waals surface area contributed by atoms with Crippen molar-refractivity contribution in [3.05, 3.63) is 64.7 Å².